The molecule has 1 N–H and O–H groups in total. The van der Waals surface area contributed by atoms with E-state index in [1.54, 1.807) is 0 Å². The van der Waals surface area contributed by atoms with Crippen molar-refractivity contribution in [3.05, 3.63) is 29.2 Å². The Morgan fingerprint density at radius 2 is 2.25 bits per heavy atom. The van der Waals surface area contributed by atoms with Crippen molar-refractivity contribution in [1.82, 2.24) is 14.6 Å². The molecule has 0 fully saturated rings. The largest absolute Gasteiger partial charge is 0.481 e. The molecule has 0 bridgehead atoms. The zero-order chi connectivity index (χ0) is 14.7. The first kappa shape index (κ1) is 13.0. The molecule has 2 aromatic heterocycles. The second kappa shape index (κ2) is 3.97. The van der Waals surface area contributed by atoms with Crippen molar-refractivity contribution in [3.63, 3.8) is 0 Å². The van der Waals surface area contributed by atoms with Crippen LogP contribution in [-0.2, 0) is 10.2 Å². The zero-order valence-corrected chi connectivity index (χ0v) is 11.0. The number of alkyl halides is 2. The van der Waals surface area contributed by atoms with Crippen LogP contribution in [0.25, 0.3) is 5.65 Å². The van der Waals surface area contributed by atoms with Gasteiger partial charge < -0.3 is 5.11 Å². The molecule has 7 heteroatoms. The summed E-state index contributed by atoms with van der Waals surface area (Å²) in [6.45, 7) is 3.79. The van der Waals surface area contributed by atoms with Crippen LogP contribution in [0.15, 0.2) is 12.4 Å². The minimum atomic E-state index is -2.67. The van der Waals surface area contributed by atoms with E-state index in [2.05, 4.69) is 10.1 Å². The average Bonchev–Trinajstić information content (AvgIpc) is 2.87. The van der Waals surface area contributed by atoms with E-state index in [1.165, 1.54) is 16.9 Å². The summed E-state index contributed by atoms with van der Waals surface area (Å²) in [4.78, 5) is 15.3. The molecule has 0 saturated carbocycles. The van der Waals surface area contributed by atoms with Crippen molar-refractivity contribution in [2.24, 2.45) is 0 Å². The Balaban J connectivity index is 2.29. The van der Waals surface area contributed by atoms with Gasteiger partial charge in [0.25, 0.3) is 6.43 Å². The Labute approximate surface area is 113 Å². The van der Waals surface area contributed by atoms with Gasteiger partial charge in [0.15, 0.2) is 5.65 Å². The molecule has 0 aliphatic heterocycles. The van der Waals surface area contributed by atoms with Crippen molar-refractivity contribution >= 4 is 11.6 Å². The summed E-state index contributed by atoms with van der Waals surface area (Å²) in [5.74, 6) is -1.59. The number of nitrogens with zero attached hydrogens (tertiary/aromatic N) is 3. The summed E-state index contributed by atoms with van der Waals surface area (Å²) in [7, 11) is 0. The predicted molar refractivity (Wildman–Crippen MR) is 66.0 cm³/mol. The van der Waals surface area contributed by atoms with Gasteiger partial charge in [-0.1, -0.05) is 13.8 Å². The number of aromatic nitrogens is 3. The molecule has 20 heavy (non-hydrogen) atoms. The fourth-order valence-corrected chi connectivity index (χ4v) is 2.97. The SMILES string of the molecule is CC1(C)CC(C(=O)O)c2cnn3cc(C(F)F)nc3c21. The van der Waals surface area contributed by atoms with E-state index in [0.29, 0.717) is 23.2 Å². The summed E-state index contributed by atoms with van der Waals surface area (Å²) in [6.07, 6.45) is 0.375. The highest BCUT2D eigenvalue weighted by Gasteiger charge is 2.43. The van der Waals surface area contributed by atoms with Crippen LogP contribution < -0.4 is 0 Å². The molecule has 0 radical (unpaired) electrons. The first-order valence-corrected chi connectivity index (χ1v) is 6.21. The van der Waals surface area contributed by atoms with Crippen LogP contribution in [0.3, 0.4) is 0 Å². The van der Waals surface area contributed by atoms with Gasteiger partial charge in [0, 0.05) is 5.56 Å². The molecule has 1 unspecified atom stereocenters. The number of hydrogen-bond donors (Lipinski definition) is 1. The van der Waals surface area contributed by atoms with Gasteiger partial charge in [-0.15, -0.1) is 0 Å². The highest BCUT2D eigenvalue weighted by atomic mass is 19.3. The molecule has 1 aliphatic rings. The Hall–Kier alpha value is -2.05. The Morgan fingerprint density at radius 1 is 1.55 bits per heavy atom. The predicted octanol–water partition coefficient (Wildman–Crippen LogP) is 2.52. The minimum absolute atomic E-state index is 0.326. The molecule has 1 aliphatic carbocycles. The number of hydrogen-bond acceptors (Lipinski definition) is 3. The molecule has 0 aromatic carbocycles. The lowest BCUT2D eigenvalue weighted by Gasteiger charge is -2.18. The third-order valence-electron chi connectivity index (χ3n) is 3.83. The van der Waals surface area contributed by atoms with Gasteiger partial charge in [-0.25, -0.2) is 18.3 Å². The van der Waals surface area contributed by atoms with Crippen LogP contribution in [0.2, 0.25) is 0 Å². The smallest absolute Gasteiger partial charge is 0.311 e. The third kappa shape index (κ3) is 1.69. The third-order valence-corrected chi connectivity index (χ3v) is 3.83. The molecular weight excluding hydrogens is 268 g/mol. The van der Waals surface area contributed by atoms with Crippen molar-refractivity contribution in [3.8, 4) is 0 Å². The first-order valence-electron chi connectivity index (χ1n) is 6.21. The summed E-state index contributed by atoms with van der Waals surface area (Å²) in [6, 6.07) is 0. The van der Waals surface area contributed by atoms with Crippen LogP contribution >= 0.6 is 0 Å². The van der Waals surface area contributed by atoms with E-state index >= 15 is 0 Å². The van der Waals surface area contributed by atoms with E-state index in [1.807, 2.05) is 13.8 Å². The molecule has 1 atom stereocenters. The van der Waals surface area contributed by atoms with Gasteiger partial charge in [0.2, 0.25) is 0 Å². The van der Waals surface area contributed by atoms with E-state index in [-0.39, 0.29) is 5.69 Å². The van der Waals surface area contributed by atoms with Gasteiger partial charge in [-0.3, -0.25) is 4.79 Å². The molecule has 0 spiro atoms. The lowest BCUT2D eigenvalue weighted by atomic mass is 9.86. The second-order valence-electron chi connectivity index (χ2n) is 5.69. The van der Waals surface area contributed by atoms with Gasteiger partial charge in [-0.05, 0) is 17.4 Å². The zero-order valence-electron chi connectivity index (χ0n) is 11.0. The van der Waals surface area contributed by atoms with Crippen LogP contribution in [0, 0.1) is 0 Å². The standard InChI is InChI=1S/C13H13F2N3O2/c1-13(2)3-6(12(19)20)7-4-16-18-5-8(10(14)15)17-11(18)9(7)13/h4-6,10H,3H2,1-2H3,(H,19,20). The van der Waals surface area contributed by atoms with E-state index in [0.717, 1.165) is 0 Å². The lowest BCUT2D eigenvalue weighted by molar-refractivity contribution is -0.139. The number of carbonyl (C=O) groups is 1. The van der Waals surface area contributed by atoms with E-state index in [4.69, 9.17) is 0 Å². The Morgan fingerprint density at radius 3 is 2.85 bits per heavy atom. The number of rotatable bonds is 2. The normalized spacial score (nSPS) is 20.6. The van der Waals surface area contributed by atoms with Gasteiger partial charge >= 0.3 is 5.97 Å². The lowest BCUT2D eigenvalue weighted by Crippen LogP contribution is -2.15. The summed E-state index contributed by atoms with van der Waals surface area (Å²) >= 11 is 0. The van der Waals surface area contributed by atoms with E-state index < -0.39 is 23.7 Å². The Kier molecular flexibility index (Phi) is 2.57. The minimum Gasteiger partial charge on any atom is -0.481 e. The molecule has 2 aromatic rings. The summed E-state index contributed by atoms with van der Waals surface area (Å²) in [5.41, 5.74) is 0.813. The summed E-state index contributed by atoms with van der Waals surface area (Å²) in [5, 5.41) is 13.3. The number of aliphatic carboxylic acids is 1. The average molecular weight is 281 g/mol. The molecule has 0 saturated heterocycles. The van der Waals surface area contributed by atoms with Gasteiger partial charge in [-0.2, -0.15) is 5.10 Å². The number of halogens is 2. The van der Waals surface area contributed by atoms with Crippen molar-refractivity contribution in [1.29, 1.82) is 0 Å². The topological polar surface area (TPSA) is 67.5 Å². The molecule has 106 valence electrons. The maximum absolute atomic E-state index is 12.8. The highest BCUT2D eigenvalue weighted by Crippen LogP contribution is 2.47. The fourth-order valence-electron chi connectivity index (χ4n) is 2.97. The van der Waals surface area contributed by atoms with Crippen LogP contribution in [0.5, 0.6) is 0 Å². The molecule has 2 heterocycles. The molecule has 0 amide bonds. The Bertz CT molecular complexity index is 709. The van der Waals surface area contributed by atoms with Gasteiger partial charge in [0.05, 0.1) is 18.3 Å². The monoisotopic (exact) mass is 281 g/mol. The van der Waals surface area contributed by atoms with Crippen molar-refractivity contribution < 1.29 is 18.7 Å². The maximum atomic E-state index is 12.8. The van der Waals surface area contributed by atoms with Crippen LogP contribution in [0.4, 0.5) is 8.78 Å². The van der Waals surface area contributed by atoms with Crippen LogP contribution in [0.1, 0.15) is 49.4 Å². The quantitative estimate of drug-likeness (QED) is 0.918. The number of carboxylic acid groups (broad SMARTS) is 1. The maximum Gasteiger partial charge on any atom is 0.311 e. The molecule has 5 nitrogen and oxygen atoms in total. The summed E-state index contributed by atoms with van der Waals surface area (Å²) < 4.78 is 26.8. The fraction of sp³-hybridized carbons (Fsp3) is 0.462. The van der Waals surface area contributed by atoms with E-state index in [9.17, 15) is 18.7 Å². The van der Waals surface area contributed by atoms with Gasteiger partial charge in [0.1, 0.15) is 5.69 Å². The number of fused-ring (bicyclic) bond motifs is 3. The van der Waals surface area contributed by atoms with Crippen molar-refractivity contribution in [2.75, 3.05) is 0 Å². The van der Waals surface area contributed by atoms with Crippen molar-refractivity contribution in [2.45, 2.75) is 38.0 Å². The highest BCUT2D eigenvalue weighted by molar-refractivity contribution is 5.80. The second-order valence-corrected chi connectivity index (χ2v) is 5.69. The number of carboxylic acids is 1. The number of imidazole rings is 1. The first-order chi connectivity index (χ1) is 9.31. The molecular formula is C13H13F2N3O2. The molecule has 3 rings (SSSR count). The van der Waals surface area contributed by atoms with Crippen LogP contribution in [-0.4, -0.2) is 25.7 Å².